The van der Waals surface area contributed by atoms with Crippen LogP contribution in [0.4, 0.5) is 5.82 Å². The van der Waals surface area contributed by atoms with Crippen molar-refractivity contribution in [3.05, 3.63) is 24.2 Å². The molecule has 0 amide bonds. The maximum absolute atomic E-state index is 11.8. The van der Waals surface area contributed by atoms with Crippen LogP contribution in [0, 0.1) is 11.3 Å². The molecule has 1 aliphatic rings. The molecule has 4 atom stereocenters. The van der Waals surface area contributed by atoms with Crippen molar-refractivity contribution in [2.45, 2.75) is 56.5 Å². The highest BCUT2D eigenvalue weighted by Crippen LogP contribution is 2.40. The number of aliphatic hydroxyl groups excluding tert-OH is 2. The Labute approximate surface area is 161 Å². The van der Waals surface area contributed by atoms with Gasteiger partial charge < -0.3 is 25.4 Å². The monoisotopic (exact) mass is 389 g/mol. The second-order valence-corrected chi connectivity index (χ2v) is 6.74. The lowest BCUT2D eigenvalue weighted by Crippen LogP contribution is -2.41. The van der Waals surface area contributed by atoms with E-state index in [9.17, 15) is 20.3 Å². The van der Waals surface area contributed by atoms with Crippen LogP contribution in [-0.2, 0) is 19.9 Å². The van der Waals surface area contributed by atoms with Crippen molar-refractivity contribution < 1.29 is 24.5 Å². The number of carbonyl (C=O) groups is 1. The highest BCUT2D eigenvalue weighted by molar-refractivity contribution is 5.69. The average molecular weight is 389 g/mol. The number of nitrogens with two attached hydrogens (primary N) is 1. The Bertz CT molecular complexity index is 894. The molecule has 0 saturated carbocycles. The van der Waals surface area contributed by atoms with E-state index in [0.29, 0.717) is 11.9 Å². The normalized spacial score (nSPS) is 27.0. The molecule has 0 bridgehead atoms. The quantitative estimate of drug-likeness (QED) is 0.447. The fourth-order valence-corrected chi connectivity index (χ4v) is 3.32. The van der Waals surface area contributed by atoms with Gasteiger partial charge in [-0.3, -0.25) is 4.79 Å². The Morgan fingerprint density at radius 1 is 1.46 bits per heavy atom. The van der Waals surface area contributed by atoms with Crippen LogP contribution < -0.4 is 5.73 Å². The fraction of sp³-hybridized carbons (Fsp3) is 0.556. The van der Waals surface area contributed by atoms with E-state index in [4.69, 9.17) is 15.2 Å². The van der Waals surface area contributed by atoms with Crippen molar-refractivity contribution >= 4 is 17.3 Å². The molecule has 0 aromatic carbocycles. The van der Waals surface area contributed by atoms with Gasteiger partial charge >= 0.3 is 5.97 Å². The number of fused-ring (bicyclic) bond motifs is 1. The largest absolute Gasteiger partial charge is 0.463 e. The number of hydrogen-bond donors (Lipinski definition) is 3. The van der Waals surface area contributed by atoms with Crippen LogP contribution in [0.2, 0.25) is 0 Å². The highest BCUT2D eigenvalue weighted by atomic mass is 16.6. The van der Waals surface area contributed by atoms with Gasteiger partial charge in [0.1, 0.15) is 42.8 Å². The summed E-state index contributed by atoms with van der Waals surface area (Å²) in [6, 6.07) is 5.05. The smallest absolute Gasteiger partial charge is 0.305 e. The summed E-state index contributed by atoms with van der Waals surface area (Å²) in [4.78, 5) is 15.7. The number of aliphatic hydroxyl groups is 2. The van der Waals surface area contributed by atoms with E-state index < -0.39 is 29.9 Å². The highest BCUT2D eigenvalue weighted by Gasteiger charge is 2.57. The number of nitriles is 1. The van der Waals surface area contributed by atoms with E-state index in [0.717, 1.165) is 12.8 Å². The van der Waals surface area contributed by atoms with Gasteiger partial charge in [-0.05, 0) is 18.6 Å². The first kappa shape index (κ1) is 20.0. The number of esters is 1. The number of anilines is 1. The Balaban J connectivity index is 1.80. The first-order valence-electron chi connectivity index (χ1n) is 9.14. The molecule has 3 heterocycles. The Morgan fingerprint density at radius 2 is 2.25 bits per heavy atom. The first-order valence-corrected chi connectivity index (χ1v) is 9.14. The van der Waals surface area contributed by atoms with Crippen LogP contribution in [0.15, 0.2) is 18.5 Å². The molecule has 2 aromatic heterocycles. The van der Waals surface area contributed by atoms with Crippen LogP contribution >= 0.6 is 0 Å². The molecule has 10 heteroatoms. The van der Waals surface area contributed by atoms with Crippen molar-refractivity contribution in [2.24, 2.45) is 0 Å². The van der Waals surface area contributed by atoms with Crippen molar-refractivity contribution in [3.63, 3.8) is 0 Å². The molecule has 0 spiro atoms. The number of aromatic nitrogens is 3. The van der Waals surface area contributed by atoms with Gasteiger partial charge in [-0.25, -0.2) is 9.50 Å². The van der Waals surface area contributed by atoms with Crippen LogP contribution in [0.1, 0.15) is 38.3 Å². The van der Waals surface area contributed by atoms with Crippen molar-refractivity contribution in [1.29, 1.82) is 5.26 Å². The Morgan fingerprint density at radius 3 is 2.96 bits per heavy atom. The van der Waals surface area contributed by atoms with Crippen molar-refractivity contribution in [1.82, 2.24) is 14.6 Å². The number of carbonyl (C=O) groups excluding carboxylic acids is 1. The molecule has 0 aliphatic carbocycles. The third-order valence-corrected chi connectivity index (χ3v) is 4.88. The molecule has 0 radical (unpaired) electrons. The van der Waals surface area contributed by atoms with E-state index in [1.165, 1.54) is 16.9 Å². The zero-order chi connectivity index (χ0) is 20.3. The van der Waals surface area contributed by atoms with E-state index in [-0.39, 0.29) is 24.5 Å². The number of nitrogens with zero attached hydrogens (tertiary/aromatic N) is 4. The number of hydrogen-bond acceptors (Lipinski definition) is 9. The van der Waals surface area contributed by atoms with Crippen molar-refractivity contribution in [3.8, 4) is 6.07 Å². The first-order chi connectivity index (χ1) is 13.4. The maximum Gasteiger partial charge on any atom is 0.305 e. The zero-order valence-corrected chi connectivity index (χ0v) is 15.5. The zero-order valence-electron chi connectivity index (χ0n) is 15.5. The van der Waals surface area contributed by atoms with Gasteiger partial charge in [-0.1, -0.05) is 19.8 Å². The lowest BCUT2D eigenvalue weighted by atomic mass is 9.92. The molecule has 3 rings (SSSR count). The predicted octanol–water partition coefficient (Wildman–Crippen LogP) is 0.274. The summed E-state index contributed by atoms with van der Waals surface area (Å²) in [5.74, 6) is -0.221. The van der Waals surface area contributed by atoms with Gasteiger partial charge in [0.25, 0.3) is 0 Å². The summed E-state index contributed by atoms with van der Waals surface area (Å²) in [5.41, 5.74) is 4.54. The van der Waals surface area contributed by atoms with E-state index in [1.807, 2.05) is 13.0 Å². The van der Waals surface area contributed by atoms with Gasteiger partial charge in [0.05, 0.1) is 5.69 Å². The minimum Gasteiger partial charge on any atom is -0.463 e. The maximum atomic E-state index is 11.8. The summed E-state index contributed by atoms with van der Waals surface area (Å²) < 4.78 is 12.2. The molecule has 28 heavy (non-hydrogen) atoms. The second-order valence-electron chi connectivity index (χ2n) is 6.74. The second kappa shape index (κ2) is 8.10. The standard InChI is InChI=1S/C18H23N5O5/c1-2-3-4-5-14(24)27-8-12-15(25)16(26)18(9-19,28-12)13-7-6-11-17(20)21-10-22-23(11)13/h6-7,10,12,15-16,25-26H,2-5,8H2,1H3,(H2,20,21,22)/t12-,15-,16-,18+/m1/s1. The summed E-state index contributed by atoms with van der Waals surface area (Å²) in [6.07, 6.45) is 0.0318. The molecular weight excluding hydrogens is 366 g/mol. The number of ether oxygens (including phenoxy) is 2. The SMILES string of the molecule is CCCCCC(=O)OC[C@H]1O[C@@](C#N)(c2ccc3c(N)ncnn23)[C@H](O)[C@@H]1O. The van der Waals surface area contributed by atoms with Gasteiger partial charge in [0, 0.05) is 6.42 Å². The number of rotatable bonds is 7. The topological polar surface area (TPSA) is 156 Å². The van der Waals surface area contributed by atoms with E-state index in [2.05, 4.69) is 10.1 Å². The average Bonchev–Trinajstić information content (AvgIpc) is 3.23. The molecule has 10 nitrogen and oxygen atoms in total. The van der Waals surface area contributed by atoms with E-state index in [1.54, 1.807) is 6.07 Å². The summed E-state index contributed by atoms with van der Waals surface area (Å²) in [7, 11) is 0. The molecular formula is C18H23N5O5. The van der Waals surface area contributed by atoms with Crippen LogP contribution in [0.25, 0.3) is 5.52 Å². The molecule has 2 aromatic rings. The summed E-state index contributed by atoms with van der Waals surface area (Å²) >= 11 is 0. The lowest BCUT2D eigenvalue weighted by molar-refractivity contribution is -0.150. The summed E-state index contributed by atoms with van der Waals surface area (Å²) in [6.45, 7) is 1.76. The van der Waals surface area contributed by atoms with Gasteiger partial charge in [-0.15, -0.1) is 0 Å². The summed E-state index contributed by atoms with van der Waals surface area (Å²) in [5, 5.41) is 34.8. The minimum atomic E-state index is -1.90. The molecule has 150 valence electrons. The van der Waals surface area contributed by atoms with Crippen LogP contribution in [0.5, 0.6) is 0 Å². The Hall–Kier alpha value is -2.74. The van der Waals surface area contributed by atoms with Crippen LogP contribution in [-0.4, -0.2) is 55.7 Å². The molecule has 1 saturated heterocycles. The van der Waals surface area contributed by atoms with E-state index >= 15 is 0 Å². The third kappa shape index (κ3) is 3.40. The number of unbranched alkanes of at least 4 members (excludes halogenated alkanes) is 2. The van der Waals surface area contributed by atoms with Crippen molar-refractivity contribution in [2.75, 3.05) is 12.3 Å². The van der Waals surface area contributed by atoms with Gasteiger partial charge in [0.15, 0.2) is 5.82 Å². The third-order valence-electron chi connectivity index (χ3n) is 4.88. The van der Waals surface area contributed by atoms with Crippen LogP contribution in [0.3, 0.4) is 0 Å². The molecule has 1 fully saturated rings. The molecule has 1 aliphatic heterocycles. The van der Waals surface area contributed by atoms with Gasteiger partial charge in [-0.2, -0.15) is 10.4 Å². The molecule has 4 N–H and O–H groups in total. The molecule has 0 unspecified atom stereocenters. The van der Waals surface area contributed by atoms with Gasteiger partial charge in [0.2, 0.25) is 5.60 Å². The fourth-order valence-electron chi connectivity index (χ4n) is 3.32. The minimum absolute atomic E-state index is 0.194. The lowest BCUT2D eigenvalue weighted by Gasteiger charge is -2.24. The number of nitrogen functional groups attached to an aromatic ring is 1. The predicted molar refractivity (Wildman–Crippen MR) is 96.7 cm³/mol. The Kier molecular flexibility index (Phi) is 5.79.